The lowest BCUT2D eigenvalue weighted by Gasteiger charge is -2.07. The van der Waals surface area contributed by atoms with E-state index in [4.69, 9.17) is 15.2 Å². The summed E-state index contributed by atoms with van der Waals surface area (Å²) >= 11 is 0. The number of hydrogen-bond acceptors (Lipinski definition) is 3. The minimum Gasteiger partial charge on any atom is -0.497 e. The predicted octanol–water partition coefficient (Wildman–Crippen LogP) is 2.08. The summed E-state index contributed by atoms with van der Waals surface area (Å²) in [5.74, 6) is 1.15. The Balaban J connectivity index is 0.00000289. The molecule has 0 heterocycles. The van der Waals surface area contributed by atoms with Crippen molar-refractivity contribution in [3.63, 3.8) is 0 Å². The van der Waals surface area contributed by atoms with Crippen LogP contribution in [0.25, 0.3) is 0 Å². The van der Waals surface area contributed by atoms with Crippen molar-refractivity contribution in [1.82, 2.24) is 0 Å². The number of methoxy groups -OCH3 is 1. The average molecular weight is 365 g/mol. The summed E-state index contributed by atoms with van der Waals surface area (Å²) < 4.78 is 10.3. The smallest absolute Gasteiger partial charge is 0.193 e. The first-order valence-electron chi connectivity index (χ1n) is 5.55. The Bertz CT molecular complexity index is 372. The highest BCUT2D eigenvalue weighted by Gasteiger charge is 1.96. The van der Waals surface area contributed by atoms with Gasteiger partial charge in [0.25, 0.3) is 0 Å². The van der Waals surface area contributed by atoms with Gasteiger partial charge in [-0.1, -0.05) is 6.07 Å². The number of nitrogens with two attached hydrogens (primary N) is 1. The van der Waals surface area contributed by atoms with Crippen molar-refractivity contribution in [2.24, 2.45) is 10.7 Å². The van der Waals surface area contributed by atoms with Crippen LogP contribution in [0.5, 0.6) is 5.75 Å². The highest BCUT2D eigenvalue weighted by atomic mass is 127. The van der Waals surface area contributed by atoms with E-state index in [0.29, 0.717) is 25.7 Å². The minimum absolute atomic E-state index is 0. The number of guanidine groups is 1. The summed E-state index contributed by atoms with van der Waals surface area (Å²) in [7, 11) is 1.62. The first-order valence-corrected chi connectivity index (χ1v) is 5.55. The molecule has 0 aliphatic rings. The Morgan fingerprint density at radius 2 is 2.22 bits per heavy atom. The zero-order chi connectivity index (χ0) is 12.5. The third kappa shape index (κ3) is 6.65. The van der Waals surface area contributed by atoms with E-state index in [1.54, 1.807) is 7.11 Å². The summed E-state index contributed by atoms with van der Waals surface area (Å²) in [6, 6.07) is 7.50. The fourth-order valence-corrected chi connectivity index (χ4v) is 1.26. The van der Waals surface area contributed by atoms with Gasteiger partial charge in [0.15, 0.2) is 5.96 Å². The van der Waals surface area contributed by atoms with Crippen LogP contribution in [0.15, 0.2) is 29.3 Å². The van der Waals surface area contributed by atoms with Gasteiger partial charge in [-0.15, -0.1) is 24.0 Å². The fourth-order valence-electron chi connectivity index (χ4n) is 1.26. The molecule has 0 atom stereocenters. The molecule has 0 spiro atoms. The van der Waals surface area contributed by atoms with Crippen molar-refractivity contribution in [3.8, 4) is 5.75 Å². The van der Waals surface area contributed by atoms with E-state index < -0.39 is 0 Å². The third-order valence-electron chi connectivity index (χ3n) is 2.06. The highest BCUT2D eigenvalue weighted by Crippen LogP contribution is 2.16. The molecule has 0 fully saturated rings. The van der Waals surface area contributed by atoms with Crippen LogP contribution in [0.4, 0.5) is 5.69 Å². The second-order valence-corrected chi connectivity index (χ2v) is 3.32. The van der Waals surface area contributed by atoms with E-state index in [2.05, 4.69) is 10.3 Å². The number of anilines is 1. The third-order valence-corrected chi connectivity index (χ3v) is 2.06. The molecule has 0 aliphatic carbocycles. The maximum Gasteiger partial charge on any atom is 0.193 e. The molecule has 0 bridgehead atoms. The number of halogens is 1. The second kappa shape index (κ2) is 9.95. The van der Waals surface area contributed by atoms with Gasteiger partial charge >= 0.3 is 0 Å². The molecule has 5 nitrogen and oxygen atoms in total. The van der Waals surface area contributed by atoms with Crippen molar-refractivity contribution in [2.75, 3.05) is 32.2 Å². The van der Waals surface area contributed by atoms with Gasteiger partial charge < -0.3 is 20.5 Å². The molecule has 0 saturated heterocycles. The number of rotatable bonds is 6. The molecular formula is C12H20IN3O2. The highest BCUT2D eigenvalue weighted by molar-refractivity contribution is 14.0. The van der Waals surface area contributed by atoms with Crippen LogP contribution in [0, 0.1) is 0 Å². The lowest BCUT2D eigenvalue weighted by atomic mass is 10.3. The molecular weight excluding hydrogens is 345 g/mol. The summed E-state index contributed by atoms with van der Waals surface area (Å²) in [5.41, 5.74) is 6.57. The molecule has 1 aromatic rings. The second-order valence-electron chi connectivity index (χ2n) is 3.32. The zero-order valence-electron chi connectivity index (χ0n) is 10.7. The molecule has 1 aromatic carbocycles. The fraction of sp³-hybridized carbons (Fsp3) is 0.417. The van der Waals surface area contributed by atoms with Gasteiger partial charge in [-0.25, -0.2) is 0 Å². The van der Waals surface area contributed by atoms with E-state index in [1.165, 1.54) is 0 Å². The van der Waals surface area contributed by atoms with Crippen LogP contribution in [0.3, 0.4) is 0 Å². The first-order chi connectivity index (χ1) is 8.26. The monoisotopic (exact) mass is 365 g/mol. The van der Waals surface area contributed by atoms with Crippen molar-refractivity contribution in [3.05, 3.63) is 24.3 Å². The van der Waals surface area contributed by atoms with Crippen molar-refractivity contribution < 1.29 is 9.47 Å². The lowest BCUT2D eigenvalue weighted by molar-refractivity contribution is 0.156. The number of hydrogen-bond donors (Lipinski definition) is 2. The molecule has 0 aliphatic heterocycles. The molecule has 3 N–H and O–H groups in total. The van der Waals surface area contributed by atoms with E-state index in [9.17, 15) is 0 Å². The topological polar surface area (TPSA) is 68.9 Å². The van der Waals surface area contributed by atoms with Crippen LogP contribution in [0.2, 0.25) is 0 Å². The van der Waals surface area contributed by atoms with Crippen LogP contribution < -0.4 is 15.8 Å². The van der Waals surface area contributed by atoms with Crippen molar-refractivity contribution >= 4 is 35.6 Å². The average Bonchev–Trinajstić information content (AvgIpc) is 2.35. The summed E-state index contributed by atoms with van der Waals surface area (Å²) in [6.07, 6.45) is 0. The Kier molecular flexibility index (Phi) is 9.39. The van der Waals surface area contributed by atoms with Crippen LogP contribution in [0.1, 0.15) is 6.92 Å². The summed E-state index contributed by atoms with van der Waals surface area (Å²) in [5, 5.41) is 2.99. The molecule has 102 valence electrons. The first kappa shape index (κ1) is 17.0. The van der Waals surface area contributed by atoms with Crippen LogP contribution in [-0.4, -0.2) is 32.8 Å². The maximum atomic E-state index is 5.72. The number of nitrogens with zero attached hydrogens (tertiary/aromatic N) is 1. The normalized spacial score (nSPS) is 10.7. The van der Waals surface area contributed by atoms with Gasteiger partial charge in [0, 0.05) is 18.4 Å². The Morgan fingerprint density at radius 1 is 1.44 bits per heavy atom. The van der Waals surface area contributed by atoms with Gasteiger partial charge in [0.1, 0.15) is 5.75 Å². The van der Waals surface area contributed by atoms with E-state index in [-0.39, 0.29) is 24.0 Å². The maximum absolute atomic E-state index is 5.72. The van der Waals surface area contributed by atoms with Gasteiger partial charge in [0.05, 0.1) is 20.3 Å². The van der Waals surface area contributed by atoms with Gasteiger partial charge in [-0.3, -0.25) is 4.99 Å². The molecule has 0 saturated carbocycles. The van der Waals surface area contributed by atoms with Crippen LogP contribution in [-0.2, 0) is 4.74 Å². The van der Waals surface area contributed by atoms with Crippen LogP contribution >= 0.6 is 24.0 Å². The molecule has 0 aromatic heterocycles. The molecule has 0 radical (unpaired) electrons. The van der Waals surface area contributed by atoms with E-state index in [1.807, 2.05) is 31.2 Å². The zero-order valence-corrected chi connectivity index (χ0v) is 13.0. The SMILES string of the molecule is CCOCCN=C(N)Nc1cccc(OC)c1.I. The standard InChI is InChI=1S/C12H19N3O2.HI/c1-3-17-8-7-14-12(13)15-10-5-4-6-11(9-10)16-2;/h4-6,9H,3,7-8H2,1-2H3,(H3,13,14,15);1H. The number of ether oxygens (including phenoxy) is 2. The Morgan fingerprint density at radius 3 is 2.89 bits per heavy atom. The lowest BCUT2D eigenvalue weighted by Crippen LogP contribution is -2.23. The van der Waals surface area contributed by atoms with Gasteiger partial charge in [-0.05, 0) is 19.1 Å². The van der Waals surface area contributed by atoms with E-state index in [0.717, 1.165) is 11.4 Å². The molecule has 0 unspecified atom stereocenters. The molecule has 6 heteroatoms. The number of aliphatic imine (C=N–C) groups is 1. The van der Waals surface area contributed by atoms with Gasteiger partial charge in [0.2, 0.25) is 0 Å². The quantitative estimate of drug-likeness (QED) is 0.351. The molecule has 0 amide bonds. The number of nitrogens with one attached hydrogen (secondary N) is 1. The Labute approximate surface area is 125 Å². The predicted molar refractivity (Wildman–Crippen MR) is 85.0 cm³/mol. The number of benzene rings is 1. The minimum atomic E-state index is 0. The molecule has 18 heavy (non-hydrogen) atoms. The Hall–Kier alpha value is -1.02. The molecule has 1 rings (SSSR count). The van der Waals surface area contributed by atoms with Crippen molar-refractivity contribution in [1.29, 1.82) is 0 Å². The van der Waals surface area contributed by atoms with Gasteiger partial charge in [-0.2, -0.15) is 0 Å². The van der Waals surface area contributed by atoms with Crippen molar-refractivity contribution in [2.45, 2.75) is 6.92 Å². The summed E-state index contributed by atoms with van der Waals surface area (Å²) in [4.78, 5) is 4.13. The largest absolute Gasteiger partial charge is 0.497 e. The van der Waals surface area contributed by atoms with E-state index >= 15 is 0 Å². The summed E-state index contributed by atoms with van der Waals surface area (Å²) in [6.45, 7) is 3.77.